The van der Waals surface area contributed by atoms with Crippen LogP contribution >= 0.6 is 0 Å². The van der Waals surface area contributed by atoms with Crippen molar-refractivity contribution in [1.29, 1.82) is 0 Å². The van der Waals surface area contributed by atoms with Gasteiger partial charge in [-0.15, -0.1) is 0 Å². The molecule has 0 aromatic carbocycles. The van der Waals surface area contributed by atoms with Crippen molar-refractivity contribution < 1.29 is 13.6 Å². The minimum Gasteiger partial charge on any atom is -0.398 e. The number of aryl methyl sites for hydroxylation is 1. The summed E-state index contributed by atoms with van der Waals surface area (Å²) in [6, 6.07) is 0. The van der Waals surface area contributed by atoms with Crippen LogP contribution in [-0.2, 0) is 0 Å². The number of rotatable bonds is 2. The number of nitrogens with two attached hydrogens (primary N) is 2. The molecule has 0 radical (unpaired) electrons. The van der Waals surface area contributed by atoms with Crippen LogP contribution in [0.15, 0.2) is 6.20 Å². The van der Waals surface area contributed by atoms with E-state index in [1.54, 1.807) is 0 Å². The number of nitrogens with zero attached hydrogens (tertiary/aromatic N) is 1. The van der Waals surface area contributed by atoms with Gasteiger partial charge in [-0.1, -0.05) is 0 Å². The number of aromatic nitrogens is 1. The molecule has 1 aromatic heterocycles. The highest BCUT2D eigenvalue weighted by molar-refractivity contribution is 5.94. The predicted octanol–water partition coefficient (Wildman–Crippen LogP) is 1.01. The lowest BCUT2D eigenvalue weighted by Gasteiger charge is -2.10. The minimum atomic E-state index is -2.86. The molecule has 1 rings (SSSR count). The average molecular weight is 201 g/mol. The highest BCUT2D eigenvalue weighted by Crippen LogP contribution is 2.29. The fourth-order valence-corrected chi connectivity index (χ4v) is 1.06. The van der Waals surface area contributed by atoms with Gasteiger partial charge in [0.15, 0.2) is 0 Å². The fraction of sp³-hybridized carbons (Fsp3) is 0.250. The Bertz CT molecular complexity index is 379. The first-order chi connectivity index (χ1) is 6.45. The maximum absolute atomic E-state index is 12.5. The molecule has 1 aromatic rings. The van der Waals surface area contributed by atoms with E-state index in [0.717, 1.165) is 0 Å². The van der Waals surface area contributed by atoms with E-state index in [9.17, 15) is 13.6 Å². The summed E-state index contributed by atoms with van der Waals surface area (Å²) >= 11 is 0. The normalized spacial score (nSPS) is 10.6. The number of primary amides is 1. The summed E-state index contributed by atoms with van der Waals surface area (Å²) in [5.74, 6) is -1.01. The highest BCUT2D eigenvalue weighted by atomic mass is 19.3. The van der Waals surface area contributed by atoms with Crippen molar-refractivity contribution in [3.8, 4) is 0 Å². The van der Waals surface area contributed by atoms with Gasteiger partial charge in [-0.3, -0.25) is 9.78 Å². The lowest BCUT2D eigenvalue weighted by atomic mass is 10.1. The molecular weight excluding hydrogens is 192 g/mol. The zero-order valence-electron chi connectivity index (χ0n) is 7.42. The molecule has 0 unspecified atom stereocenters. The smallest absolute Gasteiger partial charge is 0.268 e. The second-order valence-electron chi connectivity index (χ2n) is 2.78. The Hall–Kier alpha value is -1.72. The fourth-order valence-electron chi connectivity index (χ4n) is 1.06. The first-order valence-electron chi connectivity index (χ1n) is 3.78. The third-order valence-electron chi connectivity index (χ3n) is 1.81. The van der Waals surface area contributed by atoms with Crippen LogP contribution in [0.2, 0.25) is 0 Å². The summed E-state index contributed by atoms with van der Waals surface area (Å²) in [7, 11) is 0. The van der Waals surface area contributed by atoms with Gasteiger partial charge >= 0.3 is 0 Å². The van der Waals surface area contributed by atoms with Crippen LogP contribution in [0, 0.1) is 6.92 Å². The molecule has 0 atom stereocenters. The van der Waals surface area contributed by atoms with Crippen molar-refractivity contribution in [2.75, 3.05) is 5.73 Å². The van der Waals surface area contributed by atoms with E-state index in [0.29, 0.717) is 5.56 Å². The van der Waals surface area contributed by atoms with E-state index >= 15 is 0 Å². The maximum atomic E-state index is 12.5. The molecule has 4 nitrogen and oxygen atoms in total. The number of alkyl halides is 2. The van der Waals surface area contributed by atoms with Crippen molar-refractivity contribution in [2.24, 2.45) is 5.73 Å². The molecule has 1 heterocycles. The van der Waals surface area contributed by atoms with Gasteiger partial charge in [0.05, 0.1) is 5.56 Å². The summed E-state index contributed by atoms with van der Waals surface area (Å²) in [4.78, 5) is 14.3. The number of anilines is 1. The third kappa shape index (κ3) is 1.63. The molecule has 4 N–H and O–H groups in total. The van der Waals surface area contributed by atoms with Crippen molar-refractivity contribution in [3.63, 3.8) is 0 Å². The van der Waals surface area contributed by atoms with E-state index in [-0.39, 0.29) is 5.69 Å². The maximum Gasteiger partial charge on any atom is 0.268 e. The Morgan fingerprint density at radius 2 is 2.14 bits per heavy atom. The first kappa shape index (κ1) is 10.4. The molecule has 0 aliphatic carbocycles. The molecule has 0 spiro atoms. The number of pyridine rings is 1. The van der Waals surface area contributed by atoms with Crippen LogP contribution in [0.3, 0.4) is 0 Å². The van der Waals surface area contributed by atoms with Crippen molar-refractivity contribution in [1.82, 2.24) is 4.98 Å². The quantitative estimate of drug-likeness (QED) is 0.749. The van der Waals surface area contributed by atoms with Gasteiger partial charge in [-0.05, 0) is 12.5 Å². The molecule has 0 saturated heterocycles. The molecule has 76 valence electrons. The summed E-state index contributed by atoms with van der Waals surface area (Å²) in [6.07, 6.45) is -1.62. The van der Waals surface area contributed by atoms with Crippen molar-refractivity contribution >= 4 is 11.6 Å². The highest BCUT2D eigenvalue weighted by Gasteiger charge is 2.22. The number of carbonyl (C=O) groups excluding carboxylic acids is 1. The zero-order chi connectivity index (χ0) is 10.9. The van der Waals surface area contributed by atoms with Crippen LogP contribution in [0.5, 0.6) is 0 Å². The number of hydrogen-bond donors (Lipinski definition) is 2. The Morgan fingerprint density at radius 1 is 1.57 bits per heavy atom. The molecule has 0 aliphatic heterocycles. The number of hydrogen-bond acceptors (Lipinski definition) is 3. The van der Waals surface area contributed by atoms with Crippen LogP contribution in [0.1, 0.15) is 28.0 Å². The van der Waals surface area contributed by atoms with E-state index in [1.165, 1.54) is 13.1 Å². The molecule has 6 heteroatoms. The van der Waals surface area contributed by atoms with E-state index in [4.69, 9.17) is 11.5 Å². The van der Waals surface area contributed by atoms with Gasteiger partial charge in [0.2, 0.25) is 0 Å². The molecule has 0 bridgehead atoms. The van der Waals surface area contributed by atoms with Gasteiger partial charge in [-0.2, -0.15) is 0 Å². The van der Waals surface area contributed by atoms with Gasteiger partial charge < -0.3 is 11.5 Å². The first-order valence-corrected chi connectivity index (χ1v) is 3.78. The Balaban J connectivity index is 3.45. The summed E-state index contributed by atoms with van der Waals surface area (Å²) in [5, 5.41) is 0. The summed E-state index contributed by atoms with van der Waals surface area (Å²) < 4.78 is 25.0. The topological polar surface area (TPSA) is 82.0 Å². The van der Waals surface area contributed by atoms with E-state index in [2.05, 4.69) is 4.98 Å². The SMILES string of the molecule is Cc1cnc(C(N)=O)c(C(F)F)c1N. The standard InChI is InChI=1S/C8H9F2N3O/c1-3-2-13-6(8(12)14)4(5(3)11)7(9)10/h2,7H,1H3,(H2,11,13)(H2,12,14). The zero-order valence-corrected chi connectivity index (χ0v) is 7.42. The van der Waals surface area contributed by atoms with Gasteiger partial charge in [0.25, 0.3) is 12.3 Å². The van der Waals surface area contributed by atoms with Gasteiger partial charge in [0, 0.05) is 11.9 Å². The van der Waals surface area contributed by atoms with E-state index < -0.39 is 23.6 Å². The number of carbonyl (C=O) groups is 1. The molecular formula is C8H9F2N3O. The van der Waals surface area contributed by atoms with Crippen LogP contribution in [0.25, 0.3) is 0 Å². The number of amides is 1. The molecule has 0 saturated carbocycles. The predicted molar refractivity (Wildman–Crippen MR) is 46.9 cm³/mol. The summed E-state index contributed by atoms with van der Waals surface area (Å²) in [6.45, 7) is 1.53. The third-order valence-corrected chi connectivity index (χ3v) is 1.81. The molecule has 1 amide bonds. The largest absolute Gasteiger partial charge is 0.398 e. The summed E-state index contributed by atoms with van der Waals surface area (Å²) in [5.41, 5.74) is 9.48. The lowest BCUT2D eigenvalue weighted by Crippen LogP contribution is -2.18. The monoisotopic (exact) mass is 201 g/mol. The Morgan fingerprint density at radius 3 is 2.57 bits per heavy atom. The van der Waals surface area contributed by atoms with Crippen molar-refractivity contribution in [3.05, 3.63) is 23.0 Å². The number of nitrogen functional groups attached to an aromatic ring is 1. The van der Waals surface area contributed by atoms with Crippen molar-refractivity contribution in [2.45, 2.75) is 13.3 Å². The second kappa shape index (κ2) is 3.57. The second-order valence-corrected chi connectivity index (χ2v) is 2.78. The number of halogens is 2. The molecule has 0 fully saturated rings. The average Bonchev–Trinajstić information content (AvgIpc) is 2.08. The van der Waals surface area contributed by atoms with E-state index in [1.807, 2.05) is 0 Å². The molecule has 14 heavy (non-hydrogen) atoms. The minimum absolute atomic E-state index is 0.135. The van der Waals surface area contributed by atoms with Gasteiger partial charge in [-0.25, -0.2) is 8.78 Å². The van der Waals surface area contributed by atoms with Crippen LogP contribution in [0.4, 0.5) is 14.5 Å². The lowest BCUT2D eigenvalue weighted by molar-refractivity contribution is 0.0980. The molecule has 0 aliphatic rings. The van der Waals surface area contributed by atoms with Crippen LogP contribution < -0.4 is 11.5 Å². The van der Waals surface area contributed by atoms with Crippen LogP contribution in [-0.4, -0.2) is 10.9 Å². The Kier molecular flexibility index (Phi) is 2.64. The Labute approximate surface area is 78.9 Å². The van der Waals surface area contributed by atoms with Gasteiger partial charge in [0.1, 0.15) is 5.69 Å².